The summed E-state index contributed by atoms with van der Waals surface area (Å²) in [5.74, 6) is 1.53. The zero-order valence-electron chi connectivity index (χ0n) is 9.89. The summed E-state index contributed by atoms with van der Waals surface area (Å²) in [7, 11) is 0. The van der Waals surface area contributed by atoms with Gasteiger partial charge in [-0.05, 0) is 32.1 Å². The minimum Gasteiger partial charge on any atom is -0.379 e. The van der Waals surface area contributed by atoms with E-state index in [4.69, 9.17) is 16.3 Å². The number of unbranched alkanes of at least 4 members (excludes halogenated alkanes) is 3. The second-order valence-corrected chi connectivity index (χ2v) is 4.79. The van der Waals surface area contributed by atoms with E-state index in [2.05, 4.69) is 20.8 Å². The lowest BCUT2D eigenvalue weighted by atomic mass is 10.1. The minimum atomic E-state index is 0.419. The first-order valence-corrected chi connectivity index (χ1v) is 6.37. The number of hydrogen-bond acceptors (Lipinski definition) is 1. The lowest BCUT2D eigenvalue weighted by Crippen LogP contribution is -2.12. The van der Waals surface area contributed by atoms with Crippen molar-refractivity contribution < 1.29 is 4.74 Å². The molecule has 14 heavy (non-hydrogen) atoms. The standard InChI is InChI=1S/C12H25ClO/c1-11(2)10-12(3)14-9-7-5-4-6-8-13/h11-12H,4-10H2,1-3H3. The molecule has 0 N–H and O–H groups in total. The van der Waals surface area contributed by atoms with Gasteiger partial charge in [0.25, 0.3) is 0 Å². The Morgan fingerprint density at radius 3 is 2.21 bits per heavy atom. The van der Waals surface area contributed by atoms with Gasteiger partial charge in [-0.1, -0.05) is 26.7 Å². The van der Waals surface area contributed by atoms with Crippen LogP contribution in [0.2, 0.25) is 0 Å². The van der Waals surface area contributed by atoms with Crippen molar-refractivity contribution in [3.63, 3.8) is 0 Å². The van der Waals surface area contributed by atoms with Gasteiger partial charge in [-0.3, -0.25) is 0 Å². The fourth-order valence-corrected chi connectivity index (χ4v) is 1.76. The van der Waals surface area contributed by atoms with Crippen LogP contribution in [0.25, 0.3) is 0 Å². The Kier molecular flexibility index (Phi) is 9.97. The van der Waals surface area contributed by atoms with Gasteiger partial charge in [0.2, 0.25) is 0 Å². The summed E-state index contributed by atoms with van der Waals surface area (Å²) >= 11 is 5.59. The molecule has 0 radical (unpaired) electrons. The first-order valence-electron chi connectivity index (χ1n) is 5.84. The van der Waals surface area contributed by atoms with Gasteiger partial charge in [0.1, 0.15) is 0 Å². The predicted octanol–water partition coefficient (Wildman–Crippen LogP) is 4.24. The van der Waals surface area contributed by atoms with E-state index < -0.39 is 0 Å². The van der Waals surface area contributed by atoms with Crippen molar-refractivity contribution in [1.29, 1.82) is 0 Å². The number of ether oxygens (including phenoxy) is 1. The van der Waals surface area contributed by atoms with Crippen LogP contribution in [0, 0.1) is 5.92 Å². The van der Waals surface area contributed by atoms with Crippen LogP contribution in [-0.4, -0.2) is 18.6 Å². The quantitative estimate of drug-likeness (QED) is 0.417. The van der Waals surface area contributed by atoms with Crippen molar-refractivity contribution >= 4 is 11.6 Å². The summed E-state index contributed by atoms with van der Waals surface area (Å²) in [6.07, 6.45) is 6.40. The molecule has 2 heteroatoms. The molecular weight excluding hydrogens is 196 g/mol. The molecule has 1 atom stereocenters. The lowest BCUT2D eigenvalue weighted by Gasteiger charge is -2.14. The Hall–Kier alpha value is 0.250. The third kappa shape index (κ3) is 10.3. The molecule has 0 heterocycles. The summed E-state index contributed by atoms with van der Waals surface area (Å²) in [4.78, 5) is 0. The first-order chi connectivity index (χ1) is 6.66. The molecule has 0 aliphatic carbocycles. The van der Waals surface area contributed by atoms with Crippen LogP contribution in [0.3, 0.4) is 0 Å². The van der Waals surface area contributed by atoms with E-state index in [0.717, 1.165) is 24.8 Å². The Morgan fingerprint density at radius 2 is 1.64 bits per heavy atom. The Labute approximate surface area is 94.2 Å². The smallest absolute Gasteiger partial charge is 0.0549 e. The Morgan fingerprint density at radius 1 is 1.00 bits per heavy atom. The summed E-state index contributed by atoms with van der Waals surface area (Å²) in [5.41, 5.74) is 0. The predicted molar refractivity (Wildman–Crippen MR) is 64.1 cm³/mol. The third-order valence-electron chi connectivity index (χ3n) is 2.23. The molecule has 1 unspecified atom stereocenters. The fraction of sp³-hybridized carbons (Fsp3) is 1.00. The van der Waals surface area contributed by atoms with Crippen molar-refractivity contribution in [2.75, 3.05) is 12.5 Å². The fourth-order valence-electron chi connectivity index (χ4n) is 1.57. The molecule has 0 saturated carbocycles. The molecule has 0 aliphatic heterocycles. The Balaban J connectivity index is 3.10. The van der Waals surface area contributed by atoms with Gasteiger partial charge in [0.15, 0.2) is 0 Å². The zero-order chi connectivity index (χ0) is 10.8. The molecule has 0 aliphatic rings. The summed E-state index contributed by atoms with van der Waals surface area (Å²) < 4.78 is 5.70. The van der Waals surface area contributed by atoms with Gasteiger partial charge < -0.3 is 4.74 Å². The van der Waals surface area contributed by atoms with E-state index in [0.29, 0.717) is 6.10 Å². The van der Waals surface area contributed by atoms with Gasteiger partial charge in [-0.25, -0.2) is 0 Å². The summed E-state index contributed by atoms with van der Waals surface area (Å²) in [6.45, 7) is 7.55. The highest BCUT2D eigenvalue weighted by Crippen LogP contribution is 2.09. The van der Waals surface area contributed by atoms with Crippen LogP contribution >= 0.6 is 11.6 Å². The summed E-state index contributed by atoms with van der Waals surface area (Å²) in [6, 6.07) is 0. The average molecular weight is 221 g/mol. The topological polar surface area (TPSA) is 9.23 Å². The molecule has 0 amide bonds. The van der Waals surface area contributed by atoms with Crippen molar-refractivity contribution in [3.05, 3.63) is 0 Å². The maximum atomic E-state index is 5.70. The summed E-state index contributed by atoms with van der Waals surface area (Å²) in [5, 5.41) is 0. The van der Waals surface area contributed by atoms with E-state index >= 15 is 0 Å². The lowest BCUT2D eigenvalue weighted by molar-refractivity contribution is 0.0494. The highest BCUT2D eigenvalue weighted by molar-refractivity contribution is 6.17. The van der Waals surface area contributed by atoms with Gasteiger partial charge in [-0.2, -0.15) is 0 Å². The molecule has 0 aromatic rings. The molecule has 1 nitrogen and oxygen atoms in total. The van der Waals surface area contributed by atoms with E-state index in [9.17, 15) is 0 Å². The zero-order valence-corrected chi connectivity index (χ0v) is 10.6. The van der Waals surface area contributed by atoms with Gasteiger partial charge in [0, 0.05) is 12.5 Å². The van der Waals surface area contributed by atoms with Crippen molar-refractivity contribution in [2.24, 2.45) is 5.92 Å². The normalized spacial score (nSPS) is 13.5. The maximum absolute atomic E-state index is 5.70. The minimum absolute atomic E-state index is 0.419. The number of alkyl halides is 1. The Bertz CT molecular complexity index is 115. The first kappa shape index (κ1) is 14.2. The van der Waals surface area contributed by atoms with E-state index in [1.54, 1.807) is 0 Å². The van der Waals surface area contributed by atoms with Crippen LogP contribution < -0.4 is 0 Å². The molecule has 0 aromatic carbocycles. The van der Waals surface area contributed by atoms with Gasteiger partial charge >= 0.3 is 0 Å². The van der Waals surface area contributed by atoms with Crippen LogP contribution in [-0.2, 0) is 4.74 Å². The van der Waals surface area contributed by atoms with E-state index in [1.165, 1.54) is 25.7 Å². The van der Waals surface area contributed by atoms with E-state index in [1.807, 2.05) is 0 Å². The maximum Gasteiger partial charge on any atom is 0.0549 e. The molecule has 0 bridgehead atoms. The highest BCUT2D eigenvalue weighted by atomic mass is 35.5. The van der Waals surface area contributed by atoms with Crippen molar-refractivity contribution in [3.8, 4) is 0 Å². The molecule has 0 spiro atoms. The monoisotopic (exact) mass is 220 g/mol. The van der Waals surface area contributed by atoms with Crippen molar-refractivity contribution in [1.82, 2.24) is 0 Å². The van der Waals surface area contributed by atoms with E-state index in [-0.39, 0.29) is 0 Å². The van der Waals surface area contributed by atoms with Gasteiger partial charge in [0.05, 0.1) is 6.10 Å². The third-order valence-corrected chi connectivity index (χ3v) is 2.50. The van der Waals surface area contributed by atoms with Crippen LogP contribution in [0.4, 0.5) is 0 Å². The van der Waals surface area contributed by atoms with Crippen LogP contribution in [0.15, 0.2) is 0 Å². The number of halogens is 1. The van der Waals surface area contributed by atoms with Crippen molar-refractivity contribution in [2.45, 2.75) is 59.0 Å². The number of hydrogen-bond donors (Lipinski definition) is 0. The van der Waals surface area contributed by atoms with Gasteiger partial charge in [-0.15, -0.1) is 11.6 Å². The molecule has 0 saturated heterocycles. The molecule has 0 rings (SSSR count). The highest BCUT2D eigenvalue weighted by Gasteiger charge is 2.04. The molecule has 0 fully saturated rings. The molecule has 86 valence electrons. The average Bonchev–Trinajstić information content (AvgIpc) is 2.10. The largest absolute Gasteiger partial charge is 0.379 e. The van der Waals surface area contributed by atoms with Crippen LogP contribution in [0.1, 0.15) is 52.9 Å². The molecule has 0 aromatic heterocycles. The molecular formula is C12H25ClO. The SMILES string of the molecule is CC(C)CC(C)OCCCCCCCl. The second-order valence-electron chi connectivity index (χ2n) is 4.41. The van der Waals surface area contributed by atoms with Crippen LogP contribution in [0.5, 0.6) is 0 Å². The second kappa shape index (κ2) is 9.79. The number of rotatable bonds is 9.